The van der Waals surface area contributed by atoms with Gasteiger partial charge in [0.25, 0.3) is 0 Å². The van der Waals surface area contributed by atoms with Crippen LogP contribution in [-0.4, -0.2) is 12.9 Å². The van der Waals surface area contributed by atoms with Crippen molar-refractivity contribution in [2.75, 3.05) is 0 Å². The summed E-state index contributed by atoms with van der Waals surface area (Å²) in [7, 11) is -2.78. The summed E-state index contributed by atoms with van der Waals surface area (Å²) in [6.45, 7) is 9.18. The fraction of sp³-hybridized carbons (Fsp3) is 0.143. The molecule has 0 amide bonds. The average Bonchev–Trinajstić information content (AvgIpc) is 2.94. The van der Waals surface area contributed by atoms with E-state index >= 15 is 0 Å². The second-order valence-corrected chi connectivity index (χ2v) is 14.3. The number of alkyl halides is 1. The van der Waals surface area contributed by atoms with Gasteiger partial charge in [-0.3, -0.25) is 0 Å². The highest BCUT2D eigenvalue weighted by molar-refractivity contribution is 7.16. The van der Waals surface area contributed by atoms with E-state index in [1.54, 1.807) is 0 Å². The molecule has 2 heteroatoms. The Kier molecular flexibility index (Phi) is 8.81. The Labute approximate surface area is 228 Å². The van der Waals surface area contributed by atoms with Crippen LogP contribution in [0.25, 0.3) is 6.08 Å². The van der Waals surface area contributed by atoms with Crippen molar-refractivity contribution in [1.29, 1.82) is 0 Å². The van der Waals surface area contributed by atoms with Gasteiger partial charge in [-0.15, -0.1) is 18.2 Å². The highest BCUT2D eigenvalue weighted by Gasteiger charge is 2.48. The summed E-state index contributed by atoms with van der Waals surface area (Å²) in [5, 5.41) is 4.95. The van der Waals surface area contributed by atoms with E-state index in [-0.39, 0.29) is 0 Å². The topological polar surface area (TPSA) is 0 Å². The molecule has 0 spiro atoms. The molecule has 0 aliphatic heterocycles. The van der Waals surface area contributed by atoms with Crippen molar-refractivity contribution in [3.63, 3.8) is 0 Å². The molecule has 1 unspecified atom stereocenters. The summed E-state index contributed by atoms with van der Waals surface area (Å²) in [6.07, 6.45) is 8.26. The van der Waals surface area contributed by atoms with E-state index in [9.17, 15) is 0 Å². The van der Waals surface area contributed by atoms with E-state index in [1.807, 2.05) is 6.07 Å². The first kappa shape index (κ1) is 26.7. The lowest BCUT2D eigenvalue weighted by atomic mass is 9.99. The number of benzene rings is 4. The molecule has 0 fully saturated rings. The van der Waals surface area contributed by atoms with Gasteiger partial charge in [-0.25, -0.2) is 0 Å². The Morgan fingerprint density at radius 2 is 1.11 bits per heavy atom. The summed E-state index contributed by atoms with van der Waals surface area (Å²) < 4.78 is 0. The molecule has 186 valence electrons. The quantitative estimate of drug-likeness (QED) is 0.0873. The van der Waals surface area contributed by atoms with Crippen LogP contribution in [-0.2, 0) is 0 Å². The highest BCUT2D eigenvalue weighted by atomic mass is 35.5. The smallest absolute Gasteiger partial charge is 0.110 e. The maximum Gasteiger partial charge on any atom is 0.177 e. The van der Waals surface area contributed by atoms with Gasteiger partial charge in [0.05, 0.1) is 4.87 Å². The van der Waals surface area contributed by atoms with Gasteiger partial charge >= 0.3 is 0 Å². The van der Waals surface area contributed by atoms with E-state index in [2.05, 4.69) is 147 Å². The largest absolute Gasteiger partial charge is 0.177 e. The van der Waals surface area contributed by atoms with Gasteiger partial charge < -0.3 is 0 Å². The molecular formula is C35H35ClSi. The molecular weight excluding hydrogens is 484 g/mol. The van der Waals surface area contributed by atoms with Crippen LogP contribution in [0, 0.1) is 0 Å². The number of rotatable bonds is 10. The molecule has 37 heavy (non-hydrogen) atoms. The molecule has 0 bridgehead atoms. The standard InChI is InChI=1S/C35H35ClSi/c1-29(2)17-16-27-35(36,28-26-31-18-8-4-9-19-31)30(3)37(32-20-10-5-11-21-32,33-22-12-6-13-23-33)34-24-14-7-15-25-34/h4-15,17-26,28H,3,16,27H2,1-2H3/b28-26-. The average molecular weight is 519 g/mol. The fourth-order valence-corrected chi connectivity index (χ4v) is 10.6. The molecule has 0 radical (unpaired) electrons. The van der Waals surface area contributed by atoms with Crippen LogP contribution in [0.4, 0.5) is 0 Å². The molecule has 0 aliphatic rings. The van der Waals surface area contributed by atoms with Gasteiger partial charge in [0.15, 0.2) is 8.07 Å². The molecule has 0 saturated heterocycles. The molecule has 0 aromatic heterocycles. The first-order valence-electron chi connectivity index (χ1n) is 12.9. The maximum absolute atomic E-state index is 7.78. The zero-order valence-electron chi connectivity index (χ0n) is 21.8. The minimum Gasteiger partial charge on any atom is -0.110 e. The second kappa shape index (κ2) is 12.2. The first-order chi connectivity index (χ1) is 18.0. The predicted molar refractivity (Wildman–Crippen MR) is 166 cm³/mol. The van der Waals surface area contributed by atoms with Crippen molar-refractivity contribution >= 4 is 41.3 Å². The number of hydrogen-bond acceptors (Lipinski definition) is 0. The number of halogens is 1. The second-order valence-electron chi connectivity index (χ2n) is 9.75. The van der Waals surface area contributed by atoms with Crippen molar-refractivity contribution in [2.45, 2.75) is 31.6 Å². The lowest BCUT2D eigenvalue weighted by molar-refractivity contribution is 0.745. The van der Waals surface area contributed by atoms with Gasteiger partial charge in [0, 0.05) is 0 Å². The van der Waals surface area contributed by atoms with E-state index < -0.39 is 12.9 Å². The Morgan fingerprint density at radius 3 is 1.51 bits per heavy atom. The molecule has 1 atom stereocenters. The van der Waals surface area contributed by atoms with Crippen LogP contribution in [0.1, 0.15) is 32.3 Å². The molecule has 0 N–H and O–H groups in total. The van der Waals surface area contributed by atoms with Crippen LogP contribution in [0.15, 0.2) is 151 Å². The van der Waals surface area contributed by atoms with E-state index in [4.69, 9.17) is 18.2 Å². The highest BCUT2D eigenvalue weighted by Crippen LogP contribution is 2.37. The monoisotopic (exact) mass is 518 g/mol. The van der Waals surface area contributed by atoms with Crippen molar-refractivity contribution in [1.82, 2.24) is 0 Å². The van der Waals surface area contributed by atoms with Gasteiger partial charge in [-0.2, -0.15) is 0 Å². The van der Waals surface area contributed by atoms with Gasteiger partial charge in [0.1, 0.15) is 0 Å². The summed E-state index contributed by atoms with van der Waals surface area (Å²) in [5.74, 6) is 0. The predicted octanol–water partition coefficient (Wildman–Crippen LogP) is 7.69. The summed E-state index contributed by atoms with van der Waals surface area (Å²) >= 11 is 7.78. The Morgan fingerprint density at radius 1 is 0.703 bits per heavy atom. The van der Waals surface area contributed by atoms with Crippen LogP contribution in [0.2, 0.25) is 0 Å². The molecule has 0 heterocycles. The molecule has 0 aliphatic carbocycles. The minimum absolute atomic E-state index is 0.741. The van der Waals surface area contributed by atoms with Gasteiger partial charge in [0.2, 0.25) is 0 Å². The Balaban J connectivity index is 1.97. The molecule has 4 aromatic rings. The summed E-state index contributed by atoms with van der Waals surface area (Å²) in [5.41, 5.74) is 2.43. The Bertz CT molecular complexity index is 1240. The molecule has 0 nitrogen and oxygen atoms in total. The zero-order valence-corrected chi connectivity index (χ0v) is 23.5. The normalized spacial score (nSPS) is 13.2. The molecule has 0 saturated carbocycles. The summed E-state index contributed by atoms with van der Waals surface area (Å²) in [6, 6.07) is 43.0. The first-order valence-corrected chi connectivity index (χ1v) is 15.3. The third kappa shape index (κ3) is 5.96. The Hall–Kier alpha value is -3.39. The molecule has 4 rings (SSSR count). The summed E-state index contributed by atoms with van der Waals surface area (Å²) in [4.78, 5) is -0.741. The number of hydrogen-bond donors (Lipinski definition) is 0. The number of allylic oxidation sites excluding steroid dienone is 4. The van der Waals surface area contributed by atoms with Crippen molar-refractivity contribution in [3.05, 3.63) is 156 Å². The van der Waals surface area contributed by atoms with Gasteiger partial charge in [-0.05, 0) is 53.0 Å². The van der Waals surface area contributed by atoms with Crippen LogP contribution in [0.5, 0.6) is 0 Å². The van der Waals surface area contributed by atoms with E-state index in [0.29, 0.717) is 0 Å². The minimum atomic E-state index is -2.78. The lowest BCUT2D eigenvalue weighted by Gasteiger charge is -2.42. The van der Waals surface area contributed by atoms with E-state index in [0.717, 1.165) is 23.6 Å². The van der Waals surface area contributed by atoms with Crippen LogP contribution < -0.4 is 15.6 Å². The maximum atomic E-state index is 7.78. The van der Waals surface area contributed by atoms with Crippen LogP contribution in [0.3, 0.4) is 0 Å². The van der Waals surface area contributed by atoms with Crippen LogP contribution >= 0.6 is 11.6 Å². The lowest BCUT2D eigenvalue weighted by Crippen LogP contribution is -2.71. The van der Waals surface area contributed by atoms with Crippen molar-refractivity contribution in [3.8, 4) is 0 Å². The zero-order chi connectivity index (χ0) is 26.1. The SMILES string of the molecule is C=C(C(Cl)(/C=C\c1ccccc1)CCC=C(C)C)[Si](c1ccccc1)(c1ccccc1)c1ccccc1. The third-order valence-corrected chi connectivity index (χ3v) is 12.6. The van der Waals surface area contributed by atoms with Crippen molar-refractivity contribution in [2.24, 2.45) is 0 Å². The van der Waals surface area contributed by atoms with E-state index in [1.165, 1.54) is 21.1 Å². The van der Waals surface area contributed by atoms with Crippen molar-refractivity contribution < 1.29 is 0 Å². The third-order valence-electron chi connectivity index (χ3n) is 6.98. The fourth-order valence-electron chi connectivity index (χ4n) is 5.10. The van der Waals surface area contributed by atoms with Gasteiger partial charge in [-0.1, -0.05) is 145 Å². The molecule has 4 aromatic carbocycles.